The monoisotopic (exact) mass is 336 g/mol. The molecule has 1 saturated carbocycles. The fourth-order valence-electron chi connectivity index (χ4n) is 3.72. The third-order valence-electron chi connectivity index (χ3n) is 5.22. The van der Waals surface area contributed by atoms with E-state index in [2.05, 4.69) is 23.8 Å². The van der Waals surface area contributed by atoms with E-state index in [1.165, 1.54) is 71.3 Å². The number of hydrogen-bond acceptors (Lipinski definition) is 3. The summed E-state index contributed by atoms with van der Waals surface area (Å²) in [6.45, 7) is 2.25. The normalized spacial score (nSPS) is 20.6. The van der Waals surface area contributed by atoms with Crippen molar-refractivity contribution in [1.29, 1.82) is 0 Å². The first-order chi connectivity index (χ1) is 11.7. The molecule has 0 aliphatic heterocycles. The van der Waals surface area contributed by atoms with E-state index < -0.39 is 5.97 Å². The highest BCUT2D eigenvalue weighted by Crippen LogP contribution is 2.36. The summed E-state index contributed by atoms with van der Waals surface area (Å²) in [7, 11) is 1.26. The maximum absolute atomic E-state index is 11.4. The van der Waals surface area contributed by atoms with Gasteiger partial charge in [0.25, 0.3) is 0 Å². The van der Waals surface area contributed by atoms with Crippen molar-refractivity contribution in [3.05, 3.63) is 12.2 Å². The summed E-state index contributed by atoms with van der Waals surface area (Å²) in [5.41, 5.74) is 0. The minimum absolute atomic E-state index is 0.332. The van der Waals surface area contributed by atoms with Crippen LogP contribution in [0.1, 0.15) is 90.4 Å². The lowest BCUT2D eigenvalue weighted by atomic mass is 9.90. The van der Waals surface area contributed by atoms with Crippen LogP contribution in [0.15, 0.2) is 12.2 Å². The number of allylic oxidation sites excluding steroid dienone is 2. The quantitative estimate of drug-likeness (QED) is 0.190. The Bertz CT molecular complexity index is 387. The number of rotatable bonds is 13. The van der Waals surface area contributed by atoms with Crippen molar-refractivity contribution in [3.8, 4) is 0 Å². The summed E-state index contributed by atoms with van der Waals surface area (Å²) in [6, 6.07) is 0. The van der Waals surface area contributed by atoms with Crippen LogP contribution in [0.2, 0.25) is 0 Å². The summed E-state index contributed by atoms with van der Waals surface area (Å²) in [4.78, 5) is 22.4. The van der Waals surface area contributed by atoms with Crippen molar-refractivity contribution in [1.82, 2.24) is 0 Å². The van der Waals surface area contributed by atoms with Crippen LogP contribution < -0.4 is 0 Å². The first-order valence-corrected chi connectivity index (χ1v) is 9.96. The molecule has 0 heterocycles. The number of esters is 1. The van der Waals surface area contributed by atoms with Gasteiger partial charge in [-0.3, -0.25) is 4.79 Å². The fraction of sp³-hybridized carbons (Fsp3) is 0.810. The molecule has 0 amide bonds. The molecule has 0 spiro atoms. The van der Waals surface area contributed by atoms with E-state index >= 15 is 0 Å². The predicted molar refractivity (Wildman–Crippen MR) is 98.8 cm³/mol. The third-order valence-corrected chi connectivity index (χ3v) is 5.22. The molecular weight excluding hydrogens is 300 g/mol. The summed E-state index contributed by atoms with van der Waals surface area (Å²) in [5.74, 6) is 0.512. The second-order valence-electron chi connectivity index (χ2n) is 7.15. The maximum Gasteiger partial charge on any atom is 0.374 e. The number of Topliss-reactive ketones (excluding diaryl/α,β-unsaturated/α-hetero) is 1. The van der Waals surface area contributed by atoms with Gasteiger partial charge >= 0.3 is 5.97 Å². The van der Waals surface area contributed by atoms with E-state index in [9.17, 15) is 9.59 Å². The molecule has 1 aliphatic rings. The second kappa shape index (κ2) is 13.2. The highest BCUT2D eigenvalue weighted by molar-refractivity contribution is 6.33. The Kier molecular flexibility index (Phi) is 11.5. The molecule has 1 aliphatic carbocycles. The lowest BCUT2D eigenvalue weighted by Crippen LogP contribution is -2.14. The number of carbonyl (C=O) groups is 2. The Labute approximate surface area is 148 Å². The van der Waals surface area contributed by atoms with E-state index in [0.29, 0.717) is 6.42 Å². The van der Waals surface area contributed by atoms with Crippen molar-refractivity contribution in [2.45, 2.75) is 90.4 Å². The van der Waals surface area contributed by atoms with Crippen molar-refractivity contribution < 1.29 is 14.3 Å². The largest absolute Gasteiger partial charge is 0.463 e. The molecule has 24 heavy (non-hydrogen) atoms. The van der Waals surface area contributed by atoms with Gasteiger partial charge in [0.2, 0.25) is 5.78 Å². The SMILES string of the molecule is CCCCCCC=C[C@H]1CCC[C@@H]1CCCCCC(=O)C(=O)OC. The van der Waals surface area contributed by atoms with Crippen LogP contribution in [0.3, 0.4) is 0 Å². The summed E-state index contributed by atoms with van der Waals surface area (Å²) in [5, 5.41) is 0. The summed E-state index contributed by atoms with van der Waals surface area (Å²) in [6.07, 6.45) is 20.1. The number of unbranched alkanes of at least 4 members (excludes halogenated alkanes) is 6. The Morgan fingerprint density at radius 2 is 1.83 bits per heavy atom. The van der Waals surface area contributed by atoms with Crippen LogP contribution in [0, 0.1) is 11.8 Å². The van der Waals surface area contributed by atoms with E-state index in [0.717, 1.165) is 24.7 Å². The van der Waals surface area contributed by atoms with Crippen LogP contribution in [0.5, 0.6) is 0 Å². The Morgan fingerprint density at radius 3 is 2.58 bits per heavy atom. The molecule has 0 saturated heterocycles. The van der Waals surface area contributed by atoms with Gasteiger partial charge in [-0.1, -0.05) is 57.6 Å². The molecule has 0 radical (unpaired) electrons. The van der Waals surface area contributed by atoms with Crippen LogP contribution >= 0.6 is 0 Å². The van der Waals surface area contributed by atoms with Gasteiger partial charge in [0.15, 0.2) is 0 Å². The van der Waals surface area contributed by atoms with Gasteiger partial charge in [0, 0.05) is 6.42 Å². The molecule has 0 aromatic heterocycles. The first-order valence-electron chi connectivity index (χ1n) is 9.96. The summed E-state index contributed by atoms with van der Waals surface area (Å²) < 4.78 is 4.44. The molecule has 0 bridgehead atoms. The molecule has 0 unspecified atom stereocenters. The number of carbonyl (C=O) groups excluding carboxylic acids is 2. The predicted octanol–water partition coefficient (Wildman–Crippen LogP) is 5.62. The second-order valence-corrected chi connectivity index (χ2v) is 7.15. The molecule has 0 aromatic carbocycles. The average Bonchev–Trinajstić information content (AvgIpc) is 3.04. The van der Waals surface area contributed by atoms with E-state index in [4.69, 9.17) is 0 Å². The standard InChI is InChI=1S/C21H36O3/c1-3-4-5-6-7-9-13-18-15-12-16-19(18)14-10-8-11-17-20(22)21(23)24-2/h9,13,18-19H,3-8,10-12,14-17H2,1-2H3/t18-,19-/m0/s1. The van der Waals surface area contributed by atoms with Gasteiger partial charge in [0.05, 0.1) is 7.11 Å². The molecule has 3 nitrogen and oxygen atoms in total. The fourth-order valence-corrected chi connectivity index (χ4v) is 3.72. The van der Waals surface area contributed by atoms with E-state index in [1.807, 2.05) is 0 Å². The lowest BCUT2D eigenvalue weighted by molar-refractivity contribution is -0.151. The molecular formula is C21H36O3. The highest BCUT2D eigenvalue weighted by atomic mass is 16.5. The van der Waals surface area contributed by atoms with Crippen LogP contribution in [0.25, 0.3) is 0 Å². The van der Waals surface area contributed by atoms with E-state index in [-0.39, 0.29) is 5.78 Å². The van der Waals surface area contributed by atoms with Crippen LogP contribution in [-0.2, 0) is 14.3 Å². The van der Waals surface area contributed by atoms with Crippen molar-refractivity contribution >= 4 is 11.8 Å². The smallest absolute Gasteiger partial charge is 0.374 e. The molecule has 138 valence electrons. The maximum atomic E-state index is 11.4. The third kappa shape index (κ3) is 8.65. The Morgan fingerprint density at radius 1 is 1.04 bits per heavy atom. The minimum Gasteiger partial charge on any atom is -0.463 e. The zero-order valence-electron chi connectivity index (χ0n) is 15.7. The highest BCUT2D eigenvalue weighted by Gasteiger charge is 2.24. The van der Waals surface area contributed by atoms with Gasteiger partial charge in [-0.05, 0) is 50.4 Å². The Balaban J connectivity index is 2.12. The topological polar surface area (TPSA) is 43.4 Å². The van der Waals surface area contributed by atoms with Crippen molar-refractivity contribution in [2.75, 3.05) is 7.11 Å². The van der Waals surface area contributed by atoms with Gasteiger partial charge in [0.1, 0.15) is 0 Å². The van der Waals surface area contributed by atoms with Gasteiger partial charge in [-0.25, -0.2) is 4.79 Å². The number of methoxy groups -OCH3 is 1. The van der Waals surface area contributed by atoms with Crippen molar-refractivity contribution in [3.63, 3.8) is 0 Å². The van der Waals surface area contributed by atoms with E-state index in [1.54, 1.807) is 0 Å². The van der Waals surface area contributed by atoms with Gasteiger partial charge in [-0.2, -0.15) is 0 Å². The van der Waals surface area contributed by atoms with Gasteiger partial charge in [-0.15, -0.1) is 0 Å². The molecule has 1 rings (SSSR count). The van der Waals surface area contributed by atoms with Gasteiger partial charge < -0.3 is 4.74 Å². The molecule has 0 N–H and O–H groups in total. The number of ether oxygens (including phenoxy) is 1. The Hall–Kier alpha value is -1.12. The minimum atomic E-state index is -0.699. The number of ketones is 1. The summed E-state index contributed by atoms with van der Waals surface area (Å²) >= 11 is 0. The molecule has 1 fully saturated rings. The molecule has 3 heteroatoms. The van der Waals surface area contributed by atoms with Crippen LogP contribution in [-0.4, -0.2) is 18.9 Å². The lowest BCUT2D eigenvalue weighted by Gasteiger charge is -2.16. The number of hydrogen-bond donors (Lipinski definition) is 0. The first kappa shape index (κ1) is 20.9. The zero-order chi connectivity index (χ0) is 17.6. The average molecular weight is 337 g/mol. The molecule has 0 aromatic rings. The molecule has 2 atom stereocenters. The van der Waals surface area contributed by atoms with Crippen LogP contribution in [0.4, 0.5) is 0 Å². The van der Waals surface area contributed by atoms with Crippen molar-refractivity contribution in [2.24, 2.45) is 11.8 Å². The zero-order valence-corrected chi connectivity index (χ0v) is 15.7.